The number of carboxylic acids is 1. The number of carbonyl (C=O) groups excluding carboxylic acids is 1. The molecule has 0 aliphatic rings. The fourth-order valence-corrected chi connectivity index (χ4v) is 2.49. The molecule has 0 aliphatic heterocycles. The Hall–Kier alpha value is -1.63. The molecule has 3 N–H and O–H groups in total. The molecule has 0 radical (unpaired) electrons. The molecule has 1 aromatic heterocycles. The number of hydrogen-bond acceptors (Lipinski definition) is 4. The Morgan fingerprint density at radius 1 is 1.45 bits per heavy atom. The van der Waals surface area contributed by atoms with E-state index in [1.54, 1.807) is 0 Å². The van der Waals surface area contributed by atoms with Gasteiger partial charge in [-0.1, -0.05) is 27.2 Å². The fraction of sp³-hybridized carbons (Fsp3) is 0.615. The molecule has 20 heavy (non-hydrogen) atoms. The molecule has 1 atom stereocenters. The third kappa shape index (κ3) is 5.16. The Labute approximate surface area is 122 Å². The van der Waals surface area contributed by atoms with Gasteiger partial charge in [0.1, 0.15) is 0 Å². The van der Waals surface area contributed by atoms with Gasteiger partial charge >= 0.3 is 12.0 Å². The molecule has 1 rings (SSSR count). The second-order valence-corrected chi connectivity index (χ2v) is 5.75. The van der Waals surface area contributed by atoms with Crippen LogP contribution in [0.5, 0.6) is 0 Å². The Kier molecular flexibility index (Phi) is 6.44. The second-order valence-electron chi connectivity index (χ2n) is 4.89. The number of nitrogens with zero attached hydrogens (tertiary/aromatic N) is 1. The van der Waals surface area contributed by atoms with Crippen LogP contribution < -0.4 is 10.6 Å². The molecular weight excluding hydrogens is 278 g/mol. The number of aromatic nitrogens is 1. The number of thiazole rings is 1. The molecule has 0 spiro atoms. The number of hydrogen-bond donors (Lipinski definition) is 3. The van der Waals surface area contributed by atoms with Gasteiger partial charge < -0.3 is 10.4 Å². The van der Waals surface area contributed by atoms with Gasteiger partial charge in [-0.2, -0.15) is 0 Å². The number of anilines is 1. The van der Waals surface area contributed by atoms with Crippen LogP contribution in [0.3, 0.4) is 0 Å². The van der Waals surface area contributed by atoms with E-state index in [-0.39, 0.29) is 6.54 Å². The van der Waals surface area contributed by atoms with Gasteiger partial charge in [-0.3, -0.25) is 10.1 Å². The SMILES string of the molecule is CCCC(CNC(=O)Nc1nc(C(C)C)cs1)C(=O)O. The average Bonchev–Trinajstić information content (AvgIpc) is 2.82. The lowest BCUT2D eigenvalue weighted by molar-refractivity contribution is -0.141. The first-order valence-corrected chi connectivity index (χ1v) is 7.55. The van der Waals surface area contributed by atoms with Crippen molar-refractivity contribution in [3.05, 3.63) is 11.1 Å². The van der Waals surface area contributed by atoms with Gasteiger partial charge in [0.2, 0.25) is 0 Å². The van der Waals surface area contributed by atoms with Crippen molar-refractivity contribution in [3.63, 3.8) is 0 Å². The smallest absolute Gasteiger partial charge is 0.321 e. The maximum absolute atomic E-state index is 11.7. The van der Waals surface area contributed by atoms with E-state index in [0.717, 1.165) is 12.1 Å². The summed E-state index contributed by atoms with van der Waals surface area (Å²) in [5.74, 6) is -1.12. The molecule has 0 saturated carbocycles. The maximum atomic E-state index is 11.7. The fourth-order valence-electron chi connectivity index (χ4n) is 1.63. The summed E-state index contributed by atoms with van der Waals surface area (Å²) in [4.78, 5) is 26.9. The standard InChI is InChI=1S/C13H21N3O3S/c1-4-5-9(11(17)18)6-14-12(19)16-13-15-10(7-20-13)8(2)3/h7-9H,4-6H2,1-3H3,(H,17,18)(H2,14,15,16,19). The zero-order valence-corrected chi connectivity index (χ0v) is 12.8. The molecule has 0 aliphatic carbocycles. The summed E-state index contributed by atoms with van der Waals surface area (Å²) >= 11 is 1.36. The van der Waals surface area contributed by atoms with Crippen LogP contribution in [0.25, 0.3) is 0 Å². The third-order valence-corrected chi connectivity index (χ3v) is 3.61. The van der Waals surface area contributed by atoms with Crippen molar-refractivity contribution in [1.82, 2.24) is 10.3 Å². The monoisotopic (exact) mass is 299 g/mol. The van der Waals surface area contributed by atoms with Crippen LogP contribution in [0.1, 0.15) is 45.2 Å². The highest BCUT2D eigenvalue weighted by Gasteiger charge is 2.17. The molecule has 2 amide bonds. The van der Waals surface area contributed by atoms with Crippen molar-refractivity contribution < 1.29 is 14.7 Å². The Balaban J connectivity index is 2.44. The van der Waals surface area contributed by atoms with Crippen LogP contribution in [0.15, 0.2) is 5.38 Å². The highest BCUT2D eigenvalue weighted by atomic mass is 32.1. The first-order chi connectivity index (χ1) is 9.43. The lowest BCUT2D eigenvalue weighted by Gasteiger charge is -2.12. The molecule has 1 unspecified atom stereocenters. The first-order valence-electron chi connectivity index (χ1n) is 6.67. The average molecular weight is 299 g/mol. The Bertz CT molecular complexity index is 459. The molecule has 1 aromatic rings. The van der Waals surface area contributed by atoms with E-state index in [2.05, 4.69) is 15.6 Å². The summed E-state index contributed by atoms with van der Waals surface area (Å²) < 4.78 is 0. The van der Waals surface area contributed by atoms with E-state index in [1.165, 1.54) is 11.3 Å². The van der Waals surface area contributed by atoms with Crippen molar-refractivity contribution in [1.29, 1.82) is 0 Å². The summed E-state index contributed by atoms with van der Waals surface area (Å²) in [5.41, 5.74) is 0.930. The molecular formula is C13H21N3O3S. The molecule has 6 nitrogen and oxygen atoms in total. The number of aliphatic carboxylic acids is 1. The normalized spacial score (nSPS) is 12.2. The minimum Gasteiger partial charge on any atom is -0.481 e. The number of rotatable bonds is 7. The summed E-state index contributed by atoms with van der Waals surface area (Å²) in [6.07, 6.45) is 1.31. The predicted octanol–water partition coefficient (Wildman–Crippen LogP) is 2.89. The van der Waals surface area contributed by atoms with Crippen molar-refractivity contribution in [2.45, 2.75) is 39.5 Å². The van der Waals surface area contributed by atoms with Crippen LogP contribution in [0, 0.1) is 5.92 Å². The minimum absolute atomic E-state index is 0.122. The van der Waals surface area contributed by atoms with Crippen LogP contribution in [-0.2, 0) is 4.79 Å². The second kappa shape index (κ2) is 7.84. The van der Waals surface area contributed by atoms with E-state index in [4.69, 9.17) is 5.11 Å². The quantitative estimate of drug-likeness (QED) is 0.722. The van der Waals surface area contributed by atoms with Crippen LogP contribution in [0.2, 0.25) is 0 Å². The number of carboxylic acid groups (broad SMARTS) is 1. The summed E-state index contributed by atoms with van der Waals surface area (Å²) in [6, 6.07) is -0.419. The van der Waals surface area contributed by atoms with Gasteiger partial charge in [-0.05, 0) is 12.3 Å². The van der Waals surface area contributed by atoms with Gasteiger partial charge in [0.25, 0.3) is 0 Å². The van der Waals surface area contributed by atoms with E-state index >= 15 is 0 Å². The molecule has 0 bridgehead atoms. The van der Waals surface area contributed by atoms with Crippen molar-refractivity contribution in [3.8, 4) is 0 Å². The topological polar surface area (TPSA) is 91.3 Å². The molecule has 0 aromatic carbocycles. The lowest BCUT2D eigenvalue weighted by Crippen LogP contribution is -2.35. The third-order valence-electron chi connectivity index (χ3n) is 2.83. The van der Waals surface area contributed by atoms with E-state index in [0.29, 0.717) is 17.5 Å². The summed E-state index contributed by atoms with van der Waals surface area (Å²) in [6.45, 7) is 6.10. The lowest BCUT2D eigenvalue weighted by atomic mass is 10.0. The minimum atomic E-state index is -0.886. The van der Waals surface area contributed by atoms with E-state index in [9.17, 15) is 9.59 Å². The molecule has 7 heteroatoms. The zero-order valence-electron chi connectivity index (χ0n) is 12.0. The van der Waals surface area contributed by atoms with Gasteiger partial charge in [0.15, 0.2) is 5.13 Å². The number of urea groups is 1. The van der Waals surface area contributed by atoms with Gasteiger partial charge in [0, 0.05) is 11.9 Å². The van der Waals surface area contributed by atoms with Crippen LogP contribution >= 0.6 is 11.3 Å². The van der Waals surface area contributed by atoms with Crippen molar-refractivity contribution >= 4 is 28.5 Å². The van der Waals surface area contributed by atoms with E-state index in [1.807, 2.05) is 26.2 Å². The van der Waals surface area contributed by atoms with Gasteiger partial charge in [-0.25, -0.2) is 9.78 Å². The highest BCUT2D eigenvalue weighted by molar-refractivity contribution is 7.13. The Morgan fingerprint density at radius 3 is 2.65 bits per heavy atom. The largest absolute Gasteiger partial charge is 0.481 e. The number of amides is 2. The summed E-state index contributed by atoms with van der Waals surface area (Å²) in [7, 11) is 0. The number of carbonyl (C=O) groups is 2. The highest BCUT2D eigenvalue weighted by Crippen LogP contribution is 2.21. The maximum Gasteiger partial charge on any atom is 0.321 e. The molecule has 0 fully saturated rings. The van der Waals surface area contributed by atoms with Gasteiger partial charge in [-0.15, -0.1) is 11.3 Å². The molecule has 112 valence electrons. The molecule has 1 heterocycles. The van der Waals surface area contributed by atoms with Crippen molar-refractivity contribution in [2.75, 3.05) is 11.9 Å². The molecule has 0 saturated heterocycles. The van der Waals surface area contributed by atoms with Gasteiger partial charge in [0.05, 0.1) is 11.6 Å². The Morgan fingerprint density at radius 2 is 2.15 bits per heavy atom. The van der Waals surface area contributed by atoms with E-state index < -0.39 is 17.9 Å². The predicted molar refractivity (Wildman–Crippen MR) is 79.3 cm³/mol. The zero-order chi connectivity index (χ0) is 15.1. The van der Waals surface area contributed by atoms with Crippen LogP contribution in [-0.4, -0.2) is 28.6 Å². The van der Waals surface area contributed by atoms with Crippen molar-refractivity contribution in [2.24, 2.45) is 5.92 Å². The number of nitrogens with one attached hydrogen (secondary N) is 2. The summed E-state index contributed by atoms with van der Waals surface area (Å²) in [5, 5.41) is 16.6. The first kappa shape index (κ1) is 16.4. The van der Waals surface area contributed by atoms with Crippen LogP contribution in [0.4, 0.5) is 9.93 Å².